The zero-order chi connectivity index (χ0) is 14.9. The van der Waals surface area contributed by atoms with Crippen LogP contribution in [0.4, 0.5) is 0 Å². The number of nitrogens with zero attached hydrogens (tertiary/aromatic N) is 2. The van der Waals surface area contributed by atoms with Gasteiger partial charge >= 0.3 is 0 Å². The minimum Gasteiger partial charge on any atom is -0.301 e. The molecule has 1 aromatic rings. The fourth-order valence-corrected chi connectivity index (χ4v) is 4.18. The van der Waals surface area contributed by atoms with Crippen molar-refractivity contribution in [2.24, 2.45) is 5.41 Å². The summed E-state index contributed by atoms with van der Waals surface area (Å²) in [4.78, 5) is 5.21. The van der Waals surface area contributed by atoms with Crippen molar-refractivity contribution in [2.75, 3.05) is 20.1 Å². The van der Waals surface area contributed by atoms with E-state index in [1.165, 1.54) is 44.3 Å². The molecule has 2 fully saturated rings. The third-order valence-corrected chi connectivity index (χ3v) is 5.82. The number of hydrogen-bond acceptors (Lipinski definition) is 2. The highest BCUT2D eigenvalue weighted by atomic mass is 15.2. The summed E-state index contributed by atoms with van der Waals surface area (Å²) in [5.74, 6) is 0. The van der Waals surface area contributed by atoms with Crippen LogP contribution >= 0.6 is 0 Å². The van der Waals surface area contributed by atoms with Gasteiger partial charge in [0.05, 0.1) is 0 Å². The zero-order valence-electron chi connectivity index (χ0n) is 13.9. The molecule has 1 heterocycles. The third-order valence-electron chi connectivity index (χ3n) is 5.82. The lowest BCUT2D eigenvalue weighted by molar-refractivity contribution is -0.0422. The largest absolute Gasteiger partial charge is 0.301 e. The topological polar surface area (TPSA) is 6.48 Å². The van der Waals surface area contributed by atoms with Crippen molar-refractivity contribution in [1.29, 1.82) is 0 Å². The first-order valence-corrected chi connectivity index (χ1v) is 8.56. The Kier molecular flexibility index (Phi) is 4.37. The van der Waals surface area contributed by atoms with Gasteiger partial charge in [0.1, 0.15) is 0 Å². The highest BCUT2D eigenvalue weighted by Crippen LogP contribution is 2.51. The first-order valence-electron chi connectivity index (χ1n) is 8.56. The predicted molar refractivity (Wildman–Crippen MR) is 89.3 cm³/mol. The summed E-state index contributed by atoms with van der Waals surface area (Å²) in [6.45, 7) is 8.38. The number of hydrogen-bond donors (Lipinski definition) is 0. The average Bonchev–Trinajstić information content (AvgIpc) is 2.45. The second-order valence-corrected chi connectivity index (χ2v) is 7.59. The number of benzene rings is 1. The second-order valence-electron chi connectivity index (χ2n) is 7.59. The van der Waals surface area contributed by atoms with E-state index in [0.717, 1.165) is 18.6 Å². The molecule has 2 aliphatic rings. The molecule has 3 rings (SSSR count). The Hall–Kier alpha value is -0.860. The summed E-state index contributed by atoms with van der Waals surface area (Å²) >= 11 is 0. The van der Waals surface area contributed by atoms with Crippen molar-refractivity contribution in [1.82, 2.24) is 9.80 Å². The van der Waals surface area contributed by atoms with Crippen LogP contribution in [0.15, 0.2) is 30.3 Å². The van der Waals surface area contributed by atoms with E-state index < -0.39 is 0 Å². The summed E-state index contributed by atoms with van der Waals surface area (Å²) in [5, 5.41) is 0. The Morgan fingerprint density at radius 3 is 2.33 bits per heavy atom. The molecule has 1 aliphatic heterocycles. The fourth-order valence-electron chi connectivity index (χ4n) is 4.18. The lowest BCUT2D eigenvalue weighted by atomic mass is 9.60. The molecule has 116 valence electrons. The van der Waals surface area contributed by atoms with Crippen molar-refractivity contribution in [2.45, 2.75) is 58.2 Å². The van der Waals surface area contributed by atoms with Crippen molar-refractivity contribution in [3.8, 4) is 0 Å². The Bertz CT molecular complexity index is 438. The van der Waals surface area contributed by atoms with E-state index in [9.17, 15) is 0 Å². The van der Waals surface area contributed by atoms with Gasteiger partial charge < -0.3 is 4.90 Å². The van der Waals surface area contributed by atoms with Gasteiger partial charge in [0.2, 0.25) is 0 Å². The summed E-state index contributed by atoms with van der Waals surface area (Å²) in [7, 11) is 2.30. The van der Waals surface area contributed by atoms with Crippen LogP contribution < -0.4 is 0 Å². The van der Waals surface area contributed by atoms with Gasteiger partial charge in [-0.25, -0.2) is 0 Å². The van der Waals surface area contributed by atoms with Crippen LogP contribution in [0, 0.1) is 5.41 Å². The standard InChI is InChI=1S/C19H30N2/c1-16(2)21-11-9-19(10-12-21)13-18(14-19)20(3)15-17-7-5-4-6-8-17/h4-8,16,18H,9-15H2,1-3H3. The van der Waals surface area contributed by atoms with Gasteiger partial charge in [-0.15, -0.1) is 0 Å². The summed E-state index contributed by atoms with van der Waals surface area (Å²) in [6, 6.07) is 12.4. The van der Waals surface area contributed by atoms with Crippen LogP contribution in [0.25, 0.3) is 0 Å². The molecule has 0 unspecified atom stereocenters. The van der Waals surface area contributed by atoms with Crippen molar-refractivity contribution in [3.05, 3.63) is 35.9 Å². The smallest absolute Gasteiger partial charge is 0.0233 e. The Balaban J connectivity index is 1.47. The van der Waals surface area contributed by atoms with Gasteiger partial charge in [0.25, 0.3) is 0 Å². The maximum atomic E-state index is 2.65. The maximum Gasteiger partial charge on any atom is 0.0233 e. The maximum absolute atomic E-state index is 2.65. The Morgan fingerprint density at radius 1 is 1.14 bits per heavy atom. The number of rotatable bonds is 4. The highest BCUT2D eigenvalue weighted by molar-refractivity contribution is 5.15. The van der Waals surface area contributed by atoms with Crippen molar-refractivity contribution < 1.29 is 0 Å². The predicted octanol–water partition coefficient (Wildman–Crippen LogP) is 3.77. The van der Waals surface area contributed by atoms with E-state index in [2.05, 4.69) is 61.0 Å². The molecule has 0 radical (unpaired) electrons. The summed E-state index contributed by atoms with van der Waals surface area (Å²) < 4.78 is 0. The van der Waals surface area contributed by atoms with Gasteiger partial charge in [0, 0.05) is 18.6 Å². The quantitative estimate of drug-likeness (QED) is 0.831. The molecule has 0 atom stereocenters. The van der Waals surface area contributed by atoms with E-state index in [1.54, 1.807) is 0 Å². The van der Waals surface area contributed by atoms with Gasteiger partial charge in [-0.1, -0.05) is 30.3 Å². The van der Waals surface area contributed by atoms with Crippen molar-refractivity contribution >= 4 is 0 Å². The molecule has 2 heteroatoms. The van der Waals surface area contributed by atoms with E-state index >= 15 is 0 Å². The molecular formula is C19H30N2. The van der Waals surface area contributed by atoms with Crippen LogP contribution in [-0.2, 0) is 6.54 Å². The SMILES string of the molecule is CC(C)N1CCC2(CC1)CC(N(C)Cc1ccccc1)C2. The van der Waals surface area contributed by atoms with Crippen LogP contribution in [0.3, 0.4) is 0 Å². The minimum absolute atomic E-state index is 0.682. The Labute approximate surface area is 130 Å². The molecule has 1 aliphatic carbocycles. The third kappa shape index (κ3) is 3.32. The molecule has 0 N–H and O–H groups in total. The lowest BCUT2D eigenvalue weighted by Crippen LogP contribution is -2.54. The van der Waals surface area contributed by atoms with Crippen LogP contribution in [0.1, 0.15) is 45.1 Å². The van der Waals surface area contributed by atoms with Crippen LogP contribution in [0.2, 0.25) is 0 Å². The minimum atomic E-state index is 0.682. The molecular weight excluding hydrogens is 256 g/mol. The van der Waals surface area contributed by atoms with Gasteiger partial charge in [-0.2, -0.15) is 0 Å². The van der Waals surface area contributed by atoms with Crippen molar-refractivity contribution in [3.63, 3.8) is 0 Å². The van der Waals surface area contributed by atoms with Gasteiger partial charge in [-0.05, 0) is 70.6 Å². The average molecular weight is 286 g/mol. The molecule has 21 heavy (non-hydrogen) atoms. The van der Waals surface area contributed by atoms with Gasteiger partial charge in [-0.3, -0.25) is 4.90 Å². The van der Waals surface area contributed by atoms with E-state index in [1.807, 2.05) is 0 Å². The van der Waals surface area contributed by atoms with Crippen LogP contribution in [0.5, 0.6) is 0 Å². The molecule has 0 amide bonds. The van der Waals surface area contributed by atoms with Gasteiger partial charge in [0.15, 0.2) is 0 Å². The summed E-state index contributed by atoms with van der Waals surface area (Å²) in [6.07, 6.45) is 5.67. The molecule has 1 saturated carbocycles. The van der Waals surface area contributed by atoms with E-state index in [0.29, 0.717) is 5.41 Å². The molecule has 2 nitrogen and oxygen atoms in total. The first-order chi connectivity index (χ1) is 10.1. The monoisotopic (exact) mass is 286 g/mol. The molecule has 1 aromatic carbocycles. The zero-order valence-corrected chi connectivity index (χ0v) is 13.9. The number of piperidine rings is 1. The van der Waals surface area contributed by atoms with Crippen LogP contribution in [-0.4, -0.2) is 42.0 Å². The van der Waals surface area contributed by atoms with E-state index in [-0.39, 0.29) is 0 Å². The fraction of sp³-hybridized carbons (Fsp3) is 0.684. The highest BCUT2D eigenvalue weighted by Gasteiger charge is 2.47. The lowest BCUT2D eigenvalue weighted by Gasteiger charge is -2.55. The molecule has 0 aromatic heterocycles. The molecule has 1 saturated heterocycles. The molecule has 1 spiro atoms. The summed E-state index contributed by atoms with van der Waals surface area (Å²) in [5.41, 5.74) is 2.12. The Morgan fingerprint density at radius 2 is 1.76 bits per heavy atom. The van der Waals surface area contributed by atoms with E-state index in [4.69, 9.17) is 0 Å². The normalized spacial score (nSPS) is 22.9. The second kappa shape index (κ2) is 6.10. The molecule has 0 bridgehead atoms. The first kappa shape index (κ1) is 15.1. The number of likely N-dealkylation sites (tertiary alicyclic amines) is 1.